The maximum absolute atomic E-state index is 12.2. The summed E-state index contributed by atoms with van der Waals surface area (Å²) >= 11 is 1.32. The van der Waals surface area contributed by atoms with Gasteiger partial charge in [-0.25, -0.2) is 0 Å². The number of nitrogens with one attached hydrogen (secondary N) is 2. The maximum Gasteiger partial charge on any atom is 0.237 e. The summed E-state index contributed by atoms with van der Waals surface area (Å²) in [6, 6.07) is 15.5. The van der Waals surface area contributed by atoms with E-state index in [9.17, 15) is 9.59 Å². The molecule has 4 nitrogen and oxygen atoms in total. The van der Waals surface area contributed by atoms with Crippen LogP contribution in [0, 0.1) is 6.92 Å². The van der Waals surface area contributed by atoms with Crippen LogP contribution in [0.2, 0.25) is 0 Å². The molecule has 2 N–H and O–H groups in total. The first-order valence-electron chi connectivity index (χ1n) is 8.36. The molecule has 0 aliphatic carbocycles. The molecule has 132 valence electrons. The standard InChI is InChI=1S/C20H24N2O2S/c1-4-16-8-10-17(11-9-16)22-20(24)15(3)25-13-19(23)21-18-7-5-6-14(2)12-18/h5-12,15H,4,13H2,1-3H3,(H,21,23)(H,22,24)/t15-/m1/s1. The summed E-state index contributed by atoms with van der Waals surface area (Å²) in [4.78, 5) is 24.2. The SMILES string of the molecule is CCc1ccc(NC(=O)[C@@H](C)SCC(=O)Nc2cccc(C)c2)cc1. The molecule has 0 saturated heterocycles. The zero-order valence-corrected chi connectivity index (χ0v) is 15.7. The van der Waals surface area contributed by atoms with Gasteiger partial charge in [-0.05, 0) is 55.7 Å². The van der Waals surface area contributed by atoms with Crippen molar-refractivity contribution in [3.8, 4) is 0 Å². The van der Waals surface area contributed by atoms with Gasteiger partial charge >= 0.3 is 0 Å². The molecule has 0 bridgehead atoms. The Morgan fingerprint density at radius 2 is 1.76 bits per heavy atom. The number of anilines is 2. The second-order valence-electron chi connectivity index (χ2n) is 5.91. The van der Waals surface area contributed by atoms with Gasteiger partial charge in [0.1, 0.15) is 0 Å². The zero-order valence-electron chi connectivity index (χ0n) is 14.8. The molecule has 2 rings (SSSR count). The number of amides is 2. The third-order valence-electron chi connectivity index (χ3n) is 3.77. The van der Waals surface area contributed by atoms with E-state index in [0.29, 0.717) is 0 Å². The van der Waals surface area contributed by atoms with Gasteiger partial charge in [0, 0.05) is 11.4 Å². The van der Waals surface area contributed by atoms with Gasteiger partial charge in [-0.3, -0.25) is 9.59 Å². The van der Waals surface area contributed by atoms with Crippen molar-refractivity contribution in [1.82, 2.24) is 0 Å². The molecule has 0 aliphatic heterocycles. The molecular formula is C20H24N2O2S. The summed E-state index contributed by atoms with van der Waals surface area (Å²) in [6.07, 6.45) is 0.969. The Hall–Kier alpha value is -2.27. The summed E-state index contributed by atoms with van der Waals surface area (Å²) in [5.41, 5.74) is 3.87. The predicted molar refractivity (Wildman–Crippen MR) is 106 cm³/mol. The van der Waals surface area contributed by atoms with Gasteiger partial charge in [0.15, 0.2) is 0 Å². The van der Waals surface area contributed by atoms with Crippen LogP contribution in [0.15, 0.2) is 48.5 Å². The number of thioether (sulfide) groups is 1. The summed E-state index contributed by atoms with van der Waals surface area (Å²) in [7, 11) is 0. The van der Waals surface area contributed by atoms with Crippen molar-refractivity contribution in [3.05, 3.63) is 59.7 Å². The van der Waals surface area contributed by atoms with E-state index in [1.165, 1.54) is 17.3 Å². The van der Waals surface area contributed by atoms with Crippen LogP contribution in [0.4, 0.5) is 11.4 Å². The van der Waals surface area contributed by atoms with Crippen LogP contribution in [0.25, 0.3) is 0 Å². The topological polar surface area (TPSA) is 58.2 Å². The molecule has 0 unspecified atom stereocenters. The fourth-order valence-corrected chi connectivity index (χ4v) is 2.95. The summed E-state index contributed by atoms with van der Waals surface area (Å²) < 4.78 is 0. The van der Waals surface area contributed by atoms with Crippen LogP contribution in [0.1, 0.15) is 25.0 Å². The number of rotatable bonds is 7. The van der Waals surface area contributed by atoms with Crippen LogP contribution in [0.3, 0.4) is 0 Å². The third-order valence-corrected chi connectivity index (χ3v) is 4.91. The Morgan fingerprint density at radius 3 is 2.40 bits per heavy atom. The zero-order chi connectivity index (χ0) is 18.2. The van der Waals surface area contributed by atoms with Crippen LogP contribution in [0.5, 0.6) is 0 Å². The molecule has 0 radical (unpaired) electrons. The van der Waals surface area contributed by atoms with Crippen LogP contribution >= 0.6 is 11.8 Å². The van der Waals surface area contributed by atoms with Gasteiger partial charge in [-0.1, -0.05) is 31.2 Å². The normalized spacial score (nSPS) is 11.6. The minimum atomic E-state index is -0.311. The molecular weight excluding hydrogens is 332 g/mol. The first kappa shape index (κ1) is 19.1. The molecule has 0 spiro atoms. The highest BCUT2D eigenvalue weighted by Crippen LogP contribution is 2.16. The lowest BCUT2D eigenvalue weighted by atomic mass is 10.1. The predicted octanol–water partition coefficient (Wildman–Crippen LogP) is 4.26. The lowest BCUT2D eigenvalue weighted by Gasteiger charge is -2.12. The fourth-order valence-electron chi connectivity index (χ4n) is 2.26. The first-order valence-corrected chi connectivity index (χ1v) is 9.40. The second-order valence-corrected chi connectivity index (χ2v) is 7.24. The van der Waals surface area contributed by atoms with Crippen molar-refractivity contribution in [2.24, 2.45) is 0 Å². The number of hydrogen-bond donors (Lipinski definition) is 2. The van der Waals surface area contributed by atoms with Crippen molar-refractivity contribution >= 4 is 35.0 Å². The molecule has 2 aromatic carbocycles. The molecule has 0 saturated carbocycles. The van der Waals surface area contributed by atoms with E-state index in [-0.39, 0.29) is 22.8 Å². The molecule has 0 fully saturated rings. The highest BCUT2D eigenvalue weighted by molar-refractivity contribution is 8.01. The van der Waals surface area contributed by atoms with E-state index < -0.39 is 0 Å². The Morgan fingerprint density at radius 1 is 1.04 bits per heavy atom. The van der Waals surface area contributed by atoms with Gasteiger partial charge in [0.25, 0.3) is 0 Å². The Balaban J connectivity index is 1.79. The number of carbonyl (C=O) groups excluding carboxylic acids is 2. The number of aryl methyl sites for hydroxylation is 2. The highest BCUT2D eigenvalue weighted by atomic mass is 32.2. The van der Waals surface area contributed by atoms with E-state index >= 15 is 0 Å². The van der Waals surface area contributed by atoms with Crippen molar-refractivity contribution in [2.45, 2.75) is 32.4 Å². The smallest absolute Gasteiger partial charge is 0.237 e. The van der Waals surface area contributed by atoms with Gasteiger partial charge in [0.2, 0.25) is 11.8 Å². The summed E-state index contributed by atoms with van der Waals surface area (Å²) in [5, 5.41) is 5.42. The monoisotopic (exact) mass is 356 g/mol. The van der Waals surface area contributed by atoms with Crippen LogP contribution < -0.4 is 10.6 Å². The van der Waals surface area contributed by atoms with Gasteiger partial charge in [0.05, 0.1) is 11.0 Å². The second kappa shape index (κ2) is 9.28. The molecule has 25 heavy (non-hydrogen) atoms. The molecule has 5 heteroatoms. The van der Waals surface area contributed by atoms with E-state index in [4.69, 9.17) is 0 Å². The molecule has 2 aromatic rings. The van der Waals surface area contributed by atoms with Crippen molar-refractivity contribution in [1.29, 1.82) is 0 Å². The molecule has 2 amide bonds. The number of benzene rings is 2. The average molecular weight is 356 g/mol. The molecule has 0 heterocycles. The minimum absolute atomic E-state index is 0.0994. The number of hydrogen-bond acceptors (Lipinski definition) is 3. The third kappa shape index (κ3) is 6.27. The molecule has 0 aliphatic rings. The van der Waals surface area contributed by atoms with E-state index in [0.717, 1.165) is 23.4 Å². The lowest BCUT2D eigenvalue weighted by Crippen LogP contribution is -2.25. The quantitative estimate of drug-likeness (QED) is 0.779. The van der Waals surface area contributed by atoms with Gasteiger partial charge < -0.3 is 10.6 Å². The summed E-state index contributed by atoms with van der Waals surface area (Å²) in [5.74, 6) is 0.0252. The Labute approximate surface area is 153 Å². The van der Waals surface area contributed by atoms with Gasteiger partial charge in [-0.2, -0.15) is 0 Å². The van der Waals surface area contributed by atoms with Gasteiger partial charge in [-0.15, -0.1) is 11.8 Å². The first-order chi connectivity index (χ1) is 12.0. The average Bonchev–Trinajstić information content (AvgIpc) is 2.60. The van der Waals surface area contributed by atoms with Crippen LogP contribution in [-0.2, 0) is 16.0 Å². The minimum Gasteiger partial charge on any atom is -0.325 e. The summed E-state index contributed by atoms with van der Waals surface area (Å²) in [6.45, 7) is 5.87. The largest absolute Gasteiger partial charge is 0.325 e. The fraction of sp³-hybridized carbons (Fsp3) is 0.300. The lowest BCUT2D eigenvalue weighted by molar-refractivity contribution is -0.115. The van der Waals surface area contributed by atoms with E-state index in [1.54, 1.807) is 6.92 Å². The van der Waals surface area contributed by atoms with Crippen LogP contribution in [-0.4, -0.2) is 22.8 Å². The van der Waals surface area contributed by atoms with Crippen molar-refractivity contribution in [2.75, 3.05) is 16.4 Å². The van der Waals surface area contributed by atoms with E-state index in [2.05, 4.69) is 17.6 Å². The maximum atomic E-state index is 12.2. The Bertz CT molecular complexity index is 729. The molecule has 1 atom stereocenters. The Kier molecular flexibility index (Phi) is 7.07. The number of carbonyl (C=O) groups is 2. The van der Waals surface area contributed by atoms with Crippen molar-refractivity contribution in [3.63, 3.8) is 0 Å². The molecule has 0 aromatic heterocycles. The van der Waals surface area contributed by atoms with Crippen molar-refractivity contribution < 1.29 is 9.59 Å². The highest BCUT2D eigenvalue weighted by Gasteiger charge is 2.15. The van der Waals surface area contributed by atoms with E-state index in [1.807, 2.05) is 55.5 Å².